The molecule has 4 rings (SSSR count). The molecule has 0 unspecified atom stereocenters. The highest BCUT2D eigenvalue weighted by Crippen LogP contribution is 2.17. The number of carbonyl (C=O) groups excluding carboxylic acids is 3. The zero-order valence-electron chi connectivity index (χ0n) is 17.1. The summed E-state index contributed by atoms with van der Waals surface area (Å²) in [4.78, 5) is 38.0. The topological polar surface area (TPSA) is 103 Å². The number of anilines is 2. The van der Waals surface area contributed by atoms with Crippen LogP contribution >= 0.6 is 0 Å². The number of hydrogen-bond donors (Lipinski definition) is 2. The van der Waals surface area contributed by atoms with E-state index in [1.54, 1.807) is 97.1 Å². The van der Waals surface area contributed by atoms with E-state index >= 15 is 0 Å². The molecule has 0 radical (unpaired) electrons. The van der Waals surface area contributed by atoms with Crippen LogP contribution in [0.15, 0.2) is 97.1 Å². The molecule has 0 saturated heterocycles. The Morgan fingerprint density at radius 1 is 0.344 bits per heavy atom. The summed E-state index contributed by atoms with van der Waals surface area (Å²) in [5.41, 5.74) is 15.4. The number of rotatable bonds is 6. The Morgan fingerprint density at radius 3 is 0.688 bits per heavy atom. The predicted molar refractivity (Wildman–Crippen MR) is 125 cm³/mol. The van der Waals surface area contributed by atoms with Crippen LogP contribution in [0.5, 0.6) is 0 Å². The quantitative estimate of drug-likeness (QED) is 0.352. The standard InChI is InChI=1S/C27H20N2O3/c28-23-13-9-21(10-14-23)26(31)19-5-1-17(2-6-19)25(30)18-3-7-20(8-4-18)27(32)22-11-15-24(29)16-12-22/h1-16H,28-29H2. The van der Waals surface area contributed by atoms with Crippen LogP contribution in [0.4, 0.5) is 11.4 Å². The van der Waals surface area contributed by atoms with Gasteiger partial charge in [-0.3, -0.25) is 14.4 Å². The second kappa shape index (κ2) is 8.70. The first-order chi connectivity index (χ1) is 15.4. The van der Waals surface area contributed by atoms with Gasteiger partial charge in [0, 0.05) is 44.8 Å². The van der Waals surface area contributed by atoms with Crippen molar-refractivity contribution in [1.82, 2.24) is 0 Å². The van der Waals surface area contributed by atoms with Gasteiger partial charge in [0.25, 0.3) is 0 Å². The van der Waals surface area contributed by atoms with E-state index in [1.165, 1.54) is 0 Å². The maximum Gasteiger partial charge on any atom is 0.193 e. The van der Waals surface area contributed by atoms with Crippen molar-refractivity contribution in [2.75, 3.05) is 11.5 Å². The lowest BCUT2D eigenvalue weighted by Crippen LogP contribution is -2.06. The lowest BCUT2D eigenvalue weighted by atomic mass is 9.97. The van der Waals surface area contributed by atoms with Crippen molar-refractivity contribution >= 4 is 28.7 Å². The lowest BCUT2D eigenvalue weighted by molar-refractivity contribution is 0.102. The van der Waals surface area contributed by atoms with Gasteiger partial charge in [0.05, 0.1) is 0 Å². The highest BCUT2D eigenvalue weighted by molar-refractivity contribution is 6.13. The fourth-order valence-electron chi connectivity index (χ4n) is 3.31. The Kier molecular flexibility index (Phi) is 5.64. The van der Waals surface area contributed by atoms with Gasteiger partial charge < -0.3 is 11.5 Å². The van der Waals surface area contributed by atoms with Crippen LogP contribution in [0, 0.1) is 0 Å². The van der Waals surface area contributed by atoms with Crippen molar-refractivity contribution in [3.63, 3.8) is 0 Å². The molecule has 0 amide bonds. The fraction of sp³-hybridized carbons (Fsp3) is 0. The number of benzene rings is 4. The number of carbonyl (C=O) groups is 3. The van der Waals surface area contributed by atoms with Crippen molar-refractivity contribution in [1.29, 1.82) is 0 Å². The van der Waals surface area contributed by atoms with Crippen molar-refractivity contribution in [3.8, 4) is 0 Å². The molecule has 4 aromatic rings. The first-order valence-corrected chi connectivity index (χ1v) is 9.98. The SMILES string of the molecule is Nc1ccc(C(=O)c2ccc(C(=O)c3ccc(C(=O)c4ccc(N)cc4)cc3)cc2)cc1. The second-order valence-corrected chi connectivity index (χ2v) is 7.39. The summed E-state index contributed by atoms with van der Waals surface area (Å²) in [6.07, 6.45) is 0. The van der Waals surface area contributed by atoms with E-state index in [9.17, 15) is 14.4 Å². The zero-order chi connectivity index (χ0) is 22.7. The van der Waals surface area contributed by atoms with Gasteiger partial charge in [-0.2, -0.15) is 0 Å². The summed E-state index contributed by atoms with van der Waals surface area (Å²) < 4.78 is 0. The van der Waals surface area contributed by atoms with E-state index in [0.717, 1.165) is 0 Å². The van der Waals surface area contributed by atoms with Crippen molar-refractivity contribution in [3.05, 3.63) is 130 Å². The molecule has 0 saturated carbocycles. The maximum atomic E-state index is 12.8. The molecule has 5 heteroatoms. The first kappa shape index (κ1) is 20.8. The van der Waals surface area contributed by atoms with Crippen LogP contribution in [0.1, 0.15) is 47.8 Å². The number of nitrogen functional groups attached to an aromatic ring is 2. The summed E-state index contributed by atoms with van der Waals surface area (Å²) in [6.45, 7) is 0. The average molecular weight is 420 g/mol. The Balaban J connectivity index is 1.49. The van der Waals surface area contributed by atoms with E-state index in [1.807, 2.05) is 0 Å². The molecular formula is C27H20N2O3. The molecule has 0 aliphatic carbocycles. The number of nitrogens with two attached hydrogens (primary N) is 2. The molecule has 0 aromatic heterocycles. The molecule has 0 fully saturated rings. The van der Waals surface area contributed by atoms with E-state index < -0.39 is 0 Å². The number of ketones is 3. The normalized spacial score (nSPS) is 10.5. The zero-order valence-corrected chi connectivity index (χ0v) is 17.1. The fourth-order valence-corrected chi connectivity index (χ4v) is 3.31. The van der Waals surface area contributed by atoms with Crippen LogP contribution in [-0.2, 0) is 0 Å². The van der Waals surface area contributed by atoms with Gasteiger partial charge >= 0.3 is 0 Å². The smallest absolute Gasteiger partial charge is 0.193 e. The van der Waals surface area contributed by atoms with Crippen molar-refractivity contribution in [2.24, 2.45) is 0 Å². The molecule has 4 aromatic carbocycles. The molecule has 5 nitrogen and oxygen atoms in total. The van der Waals surface area contributed by atoms with Crippen LogP contribution in [0.3, 0.4) is 0 Å². The molecule has 0 aliphatic rings. The molecule has 0 bridgehead atoms. The van der Waals surface area contributed by atoms with Crippen molar-refractivity contribution < 1.29 is 14.4 Å². The molecular weight excluding hydrogens is 400 g/mol. The Morgan fingerprint density at radius 2 is 0.500 bits per heavy atom. The van der Waals surface area contributed by atoms with Gasteiger partial charge in [0.15, 0.2) is 17.3 Å². The van der Waals surface area contributed by atoms with E-state index in [0.29, 0.717) is 44.8 Å². The average Bonchev–Trinajstić information content (AvgIpc) is 2.84. The Hall–Kier alpha value is -4.51. The Bertz CT molecular complexity index is 1190. The summed E-state index contributed by atoms with van der Waals surface area (Å²) >= 11 is 0. The van der Waals surface area contributed by atoms with Crippen LogP contribution < -0.4 is 11.5 Å². The minimum Gasteiger partial charge on any atom is -0.399 e. The highest BCUT2D eigenvalue weighted by atomic mass is 16.1. The molecule has 0 atom stereocenters. The molecule has 0 heterocycles. The van der Waals surface area contributed by atoms with Crippen LogP contribution in [0.2, 0.25) is 0 Å². The summed E-state index contributed by atoms with van der Waals surface area (Å²) in [5.74, 6) is -0.480. The lowest BCUT2D eigenvalue weighted by Gasteiger charge is -2.06. The third-order valence-corrected chi connectivity index (χ3v) is 5.16. The van der Waals surface area contributed by atoms with Gasteiger partial charge in [-0.1, -0.05) is 48.5 Å². The van der Waals surface area contributed by atoms with Gasteiger partial charge in [0.2, 0.25) is 0 Å². The van der Waals surface area contributed by atoms with Crippen molar-refractivity contribution in [2.45, 2.75) is 0 Å². The van der Waals surface area contributed by atoms with Gasteiger partial charge in [0.1, 0.15) is 0 Å². The molecule has 32 heavy (non-hydrogen) atoms. The van der Waals surface area contributed by atoms with Gasteiger partial charge in [-0.25, -0.2) is 0 Å². The maximum absolute atomic E-state index is 12.8. The molecule has 0 aliphatic heterocycles. The van der Waals surface area contributed by atoms with Gasteiger partial charge in [-0.05, 0) is 48.5 Å². The van der Waals surface area contributed by atoms with Crippen LogP contribution in [-0.4, -0.2) is 17.3 Å². The summed E-state index contributed by atoms with van der Waals surface area (Å²) in [5, 5.41) is 0. The molecule has 0 spiro atoms. The van der Waals surface area contributed by atoms with Gasteiger partial charge in [-0.15, -0.1) is 0 Å². The predicted octanol–water partition coefficient (Wildman–Crippen LogP) is 4.54. The Labute approximate surface area is 185 Å². The summed E-state index contributed by atoms with van der Waals surface area (Å²) in [7, 11) is 0. The first-order valence-electron chi connectivity index (χ1n) is 9.98. The minimum absolute atomic E-state index is 0.144. The van der Waals surface area contributed by atoms with E-state index in [2.05, 4.69) is 0 Å². The highest BCUT2D eigenvalue weighted by Gasteiger charge is 2.14. The summed E-state index contributed by atoms with van der Waals surface area (Å²) in [6, 6.07) is 26.4. The molecule has 4 N–H and O–H groups in total. The molecule has 156 valence electrons. The monoisotopic (exact) mass is 420 g/mol. The van der Waals surface area contributed by atoms with Crippen LogP contribution in [0.25, 0.3) is 0 Å². The third kappa shape index (κ3) is 4.32. The van der Waals surface area contributed by atoms with E-state index in [-0.39, 0.29) is 17.3 Å². The third-order valence-electron chi connectivity index (χ3n) is 5.16. The number of hydrogen-bond acceptors (Lipinski definition) is 5. The van der Waals surface area contributed by atoms with E-state index in [4.69, 9.17) is 11.5 Å². The second-order valence-electron chi connectivity index (χ2n) is 7.39. The largest absolute Gasteiger partial charge is 0.399 e. The minimum atomic E-state index is -0.192.